The van der Waals surface area contributed by atoms with Gasteiger partial charge in [-0.3, -0.25) is 4.98 Å². The molecule has 1 unspecified atom stereocenters. The molecule has 112 valence electrons. The van der Waals surface area contributed by atoms with Crippen LogP contribution in [0, 0.1) is 6.92 Å². The summed E-state index contributed by atoms with van der Waals surface area (Å²) >= 11 is 3.64. The number of hydrogen-bond acceptors (Lipinski definition) is 3. The number of nitrogens with one attached hydrogen (secondary N) is 1. The summed E-state index contributed by atoms with van der Waals surface area (Å²) in [6.07, 6.45) is 2.76. The van der Waals surface area contributed by atoms with Crippen LogP contribution in [0.3, 0.4) is 0 Å². The maximum Gasteiger partial charge on any atom is 0.119 e. The Balaban J connectivity index is 2.27. The standard InChI is InChI=1S/C17H21BrN2O/c1-4-19-17(9-13-6-5-12(2)11-20-13)15-10-14(21-3)7-8-16(15)18/h5-8,10-11,17,19H,4,9H2,1-3H3. The molecule has 0 saturated carbocycles. The van der Waals surface area contributed by atoms with E-state index in [1.165, 1.54) is 11.1 Å². The van der Waals surface area contributed by atoms with Gasteiger partial charge in [-0.15, -0.1) is 0 Å². The molecule has 0 fully saturated rings. The van der Waals surface area contributed by atoms with Gasteiger partial charge in [0.15, 0.2) is 0 Å². The minimum atomic E-state index is 0.203. The number of aryl methyl sites for hydroxylation is 1. The molecule has 0 saturated heterocycles. The maximum absolute atomic E-state index is 5.34. The Morgan fingerprint density at radius 2 is 2.10 bits per heavy atom. The molecule has 0 aliphatic heterocycles. The lowest BCUT2D eigenvalue weighted by molar-refractivity contribution is 0.412. The van der Waals surface area contributed by atoms with E-state index in [0.717, 1.165) is 28.9 Å². The van der Waals surface area contributed by atoms with Crippen molar-refractivity contribution in [3.63, 3.8) is 0 Å². The lowest BCUT2D eigenvalue weighted by Gasteiger charge is -2.20. The zero-order valence-electron chi connectivity index (χ0n) is 12.7. The number of likely N-dealkylation sites (N-methyl/N-ethyl adjacent to an activating group) is 1. The van der Waals surface area contributed by atoms with Gasteiger partial charge in [0.05, 0.1) is 7.11 Å². The summed E-state index contributed by atoms with van der Waals surface area (Å²) in [6, 6.07) is 10.5. The van der Waals surface area contributed by atoms with Crippen LogP contribution in [-0.4, -0.2) is 18.6 Å². The normalized spacial score (nSPS) is 12.2. The quantitative estimate of drug-likeness (QED) is 0.854. The molecule has 1 aromatic carbocycles. The highest BCUT2D eigenvalue weighted by atomic mass is 79.9. The zero-order chi connectivity index (χ0) is 15.2. The molecule has 0 spiro atoms. The fourth-order valence-electron chi connectivity index (χ4n) is 2.28. The average molecular weight is 349 g/mol. The zero-order valence-corrected chi connectivity index (χ0v) is 14.3. The number of methoxy groups -OCH3 is 1. The van der Waals surface area contributed by atoms with Gasteiger partial charge in [-0.2, -0.15) is 0 Å². The second kappa shape index (κ2) is 7.57. The van der Waals surface area contributed by atoms with Gasteiger partial charge in [-0.1, -0.05) is 28.9 Å². The molecular formula is C17H21BrN2O. The molecule has 3 nitrogen and oxygen atoms in total. The van der Waals surface area contributed by atoms with Gasteiger partial charge in [0.1, 0.15) is 5.75 Å². The van der Waals surface area contributed by atoms with Crippen LogP contribution >= 0.6 is 15.9 Å². The third-order valence-electron chi connectivity index (χ3n) is 3.41. The molecule has 0 amide bonds. The first-order valence-electron chi connectivity index (χ1n) is 7.12. The fraction of sp³-hybridized carbons (Fsp3) is 0.353. The minimum absolute atomic E-state index is 0.203. The van der Waals surface area contributed by atoms with Gasteiger partial charge in [0, 0.05) is 28.8 Å². The first-order chi connectivity index (χ1) is 10.1. The summed E-state index contributed by atoms with van der Waals surface area (Å²) in [6.45, 7) is 5.07. The van der Waals surface area contributed by atoms with Crippen LogP contribution in [0.2, 0.25) is 0 Å². The number of nitrogens with zero attached hydrogens (tertiary/aromatic N) is 1. The van der Waals surface area contributed by atoms with Crippen molar-refractivity contribution >= 4 is 15.9 Å². The van der Waals surface area contributed by atoms with E-state index in [9.17, 15) is 0 Å². The van der Waals surface area contributed by atoms with Crippen molar-refractivity contribution in [2.45, 2.75) is 26.3 Å². The molecule has 0 radical (unpaired) electrons. The fourth-order valence-corrected chi connectivity index (χ4v) is 2.81. The second-order valence-electron chi connectivity index (χ2n) is 5.03. The third kappa shape index (κ3) is 4.29. The first-order valence-corrected chi connectivity index (χ1v) is 7.91. The maximum atomic E-state index is 5.34. The van der Waals surface area contributed by atoms with Crippen LogP contribution in [0.25, 0.3) is 0 Å². The van der Waals surface area contributed by atoms with Crippen molar-refractivity contribution in [2.75, 3.05) is 13.7 Å². The van der Waals surface area contributed by atoms with E-state index >= 15 is 0 Å². The lowest BCUT2D eigenvalue weighted by atomic mass is 10.0. The summed E-state index contributed by atoms with van der Waals surface area (Å²) in [5.41, 5.74) is 3.46. The molecule has 4 heteroatoms. The van der Waals surface area contributed by atoms with Gasteiger partial charge in [0.2, 0.25) is 0 Å². The largest absolute Gasteiger partial charge is 0.497 e. The number of ether oxygens (including phenoxy) is 1. The van der Waals surface area contributed by atoms with Gasteiger partial charge in [-0.05, 0) is 48.9 Å². The Bertz CT molecular complexity index is 584. The van der Waals surface area contributed by atoms with Crippen LogP contribution < -0.4 is 10.1 Å². The molecule has 1 aromatic heterocycles. The molecule has 1 N–H and O–H groups in total. The molecule has 1 atom stereocenters. The number of hydrogen-bond donors (Lipinski definition) is 1. The highest BCUT2D eigenvalue weighted by molar-refractivity contribution is 9.10. The Hall–Kier alpha value is -1.39. The Morgan fingerprint density at radius 1 is 1.29 bits per heavy atom. The SMILES string of the molecule is CCNC(Cc1ccc(C)cn1)c1cc(OC)ccc1Br. The van der Waals surface area contributed by atoms with Crippen LogP contribution in [0.5, 0.6) is 5.75 Å². The Labute approximate surface area is 134 Å². The minimum Gasteiger partial charge on any atom is -0.497 e. The highest BCUT2D eigenvalue weighted by Crippen LogP contribution is 2.29. The number of rotatable bonds is 6. The molecule has 2 aromatic rings. The number of halogens is 1. The smallest absolute Gasteiger partial charge is 0.119 e. The summed E-state index contributed by atoms with van der Waals surface area (Å²) in [5, 5.41) is 3.53. The van der Waals surface area contributed by atoms with Crippen molar-refractivity contribution in [2.24, 2.45) is 0 Å². The predicted octanol–water partition coefficient (Wildman–Crippen LogP) is 4.05. The number of pyridine rings is 1. The number of benzene rings is 1. The van der Waals surface area contributed by atoms with Crippen LogP contribution in [0.1, 0.15) is 29.8 Å². The van der Waals surface area contributed by atoms with Gasteiger partial charge in [-0.25, -0.2) is 0 Å². The van der Waals surface area contributed by atoms with E-state index in [-0.39, 0.29) is 6.04 Å². The van der Waals surface area contributed by atoms with Crippen molar-refractivity contribution in [1.29, 1.82) is 0 Å². The molecule has 21 heavy (non-hydrogen) atoms. The van der Waals surface area contributed by atoms with Crippen LogP contribution in [0.4, 0.5) is 0 Å². The molecule has 2 rings (SSSR count). The van der Waals surface area contributed by atoms with E-state index in [1.54, 1.807) is 7.11 Å². The predicted molar refractivity (Wildman–Crippen MR) is 89.8 cm³/mol. The average Bonchev–Trinajstić information content (AvgIpc) is 2.49. The van der Waals surface area contributed by atoms with Crippen molar-refractivity contribution < 1.29 is 4.74 Å². The van der Waals surface area contributed by atoms with Gasteiger partial charge in [0.25, 0.3) is 0 Å². The van der Waals surface area contributed by atoms with Gasteiger partial charge >= 0.3 is 0 Å². The van der Waals surface area contributed by atoms with E-state index in [0.29, 0.717) is 0 Å². The topological polar surface area (TPSA) is 34.2 Å². The Morgan fingerprint density at radius 3 is 2.71 bits per heavy atom. The Kier molecular flexibility index (Phi) is 5.76. The monoisotopic (exact) mass is 348 g/mol. The summed E-state index contributed by atoms with van der Waals surface area (Å²) in [7, 11) is 1.69. The van der Waals surface area contributed by atoms with E-state index < -0.39 is 0 Å². The van der Waals surface area contributed by atoms with Crippen molar-refractivity contribution in [3.05, 3.63) is 57.8 Å². The van der Waals surface area contributed by atoms with Crippen molar-refractivity contribution in [1.82, 2.24) is 10.3 Å². The lowest BCUT2D eigenvalue weighted by Crippen LogP contribution is -2.23. The second-order valence-corrected chi connectivity index (χ2v) is 5.88. The molecule has 0 bridgehead atoms. The van der Waals surface area contributed by atoms with Crippen LogP contribution in [-0.2, 0) is 6.42 Å². The summed E-state index contributed by atoms with van der Waals surface area (Å²) in [5.74, 6) is 0.868. The molecular weight excluding hydrogens is 328 g/mol. The molecule has 1 heterocycles. The molecule has 0 aliphatic carbocycles. The van der Waals surface area contributed by atoms with E-state index in [4.69, 9.17) is 4.74 Å². The summed E-state index contributed by atoms with van der Waals surface area (Å²) < 4.78 is 6.42. The van der Waals surface area contributed by atoms with E-state index in [2.05, 4.69) is 58.3 Å². The van der Waals surface area contributed by atoms with Gasteiger partial charge < -0.3 is 10.1 Å². The summed E-state index contributed by atoms with van der Waals surface area (Å²) in [4.78, 5) is 4.51. The van der Waals surface area contributed by atoms with E-state index in [1.807, 2.05) is 18.3 Å². The number of aromatic nitrogens is 1. The van der Waals surface area contributed by atoms with Crippen molar-refractivity contribution in [3.8, 4) is 5.75 Å². The first kappa shape index (κ1) is 16.0. The van der Waals surface area contributed by atoms with Crippen LogP contribution in [0.15, 0.2) is 41.0 Å². The third-order valence-corrected chi connectivity index (χ3v) is 4.14. The highest BCUT2D eigenvalue weighted by Gasteiger charge is 2.16. The molecule has 0 aliphatic rings.